The molecule has 1 N–H and O–H groups in total. The van der Waals surface area contributed by atoms with Crippen LogP contribution in [0.2, 0.25) is 0 Å². The predicted molar refractivity (Wildman–Crippen MR) is 114 cm³/mol. The Labute approximate surface area is 174 Å². The van der Waals surface area contributed by atoms with Gasteiger partial charge in [0, 0.05) is 36.7 Å². The van der Waals surface area contributed by atoms with Crippen molar-refractivity contribution in [3.05, 3.63) is 83.2 Å². The fourth-order valence-electron chi connectivity index (χ4n) is 4.04. The zero-order valence-electron chi connectivity index (χ0n) is 17.0. The lowest BCUT2D eigenvalue weighted by Crippen LogP contribution is -2.36. The summed E-state index contributed by atoms with van der Waals surface area (Å²) in [5.41, 5.74) is 6.84. The van der Waals surface area contributed by atoms with Crippen molar-refractivity contribution in [2.45, 2.75) is 26.8 Å². The van der Waals surface area contributed by atoms with E-state index in [9.17, 15) is 4.79 Å². The first-order valence-corrected chi connectivity index (χ1v) is 10.1. The van der Waals surface area contributed by atoms with Crippen LogP contribution in [-0.4, -0.2) is 32.5 Å². The molecular formula is C24H22N4O2. The lowest BCUT2D eigenvalue weighted by Gasteiger charge is -2.26. The van der Waals surface area contributed by atoms with Gasteiger partial charge < -0.3 is 9.32 Å². The summed E-state index contributed by atoms with van der Waals surface area (Å²) in [6, 6.07) is 18.7. The third-order valence-corrected chi connectivity index (χ3v) is 5.59. The largest absolute Gasteiger partial charge is 0.445 e. The van der Waals surface area contributed by atoms with Gasteiger partial charge in [0.1, 0.15) is 5.76 Å². The van der Waals surface area contributed by atoms with Crippen molar-refractivity contribution >= 4 is 5.91 Å². The number of benzene rings is 2. The van der Waals surface area contributed by atoms with E-state index in [1.165, 1.54) is 5.56 Å². The number of aromatic nitrogens is 3. The van der Waals surface area contributed by atoms with Crippen molar-refractivity contribution in [2.24, 2.45) is 0 Å². The highest BCUT2D eigenvalue weighted by atomic mass is 16.4. The molecule has 2 aromatic heterocycles. The van der Waals surface area contributed by atoms with E-state index >= 15 is 0 Å². The molecule has 0 radical (unpaired) electrons. The Balaban J connectivity index is 1.42. The normalized spacial score (nSPS) is 13.3. The monoisotopic (exact) mass is 398 g/mol. The number of hydrogen-bond acceptors (Lipinski definition) is 4. The minimum atomic E-state index is -0.0958. The fraction of sp³-hybridized carbons (Fsp3) is 0.208. The summed E-state index contributed by atoms with van der Waals surface area (Å²) < 4.78 is 5.44. The third-order valence-electron chi connectivity index (χ3n) is 5.59. The number of hydrogen-bond donors (Lipinski definition) is 1. The zero-order chi connectivity index (χ0) is 20.7. The Hall–Kier alpha value is -3.67. The molecule has 0 aliphatic carbocycles. The van der Waals surface area contributed by atoms with E-state index in [0.717, 1.165) is 34.5 Å². The number of oxazole rings is 1. The van der Waals surface area contributed by atoms with Crippen LogP contribution >= 0.6 is 0 Å². The van der Waals surface area contributed by atoms with Gasteiger partial charge >= 0.3 is 0 Å². The molecule has 0 atom stereocenters. The topological polar surface area (TPSA) is 75.0 Å². The maximum Gasteiger partial charge on any atom is 0.276 e. The van der Waals surface area contributed by atoms with Crippen LogP contribution in [0.1, 0.15) is 33.4 Å². The number of aromatic amines is 1. The Kier molecular flexibility index (Phi) is 4.47. The second-order valence-electron chi connectivity index (χ2n) is 7.59. The van der Waals surface area contributed by atoms with E-state index in [0.29, 0.717) is 30.4 Å². The molecule has 6 nitrogen and oxygen atoms in total. The van der Waals surface area contributed by atoms with Gasteiger partial charge in [0.2, 0.25) is 0 Å². The van der Waals surface area contributed by atoms with Crippen LogP contribution in [0.3, 0.4) is 0 Å². The number of nitrogens with one attached hydrogen (secondary N) is 1. The average molecular weight is 398 g/mol. The molecule has 30 heavy (non-hydrogen) atoms. The van der Waals surface area contributed by atoms with Crippen molar-refractivity contribution in [1.82, 2.24) is 20.1 Å². The number of H-pyrrole nitrogens is 1. The summed E-state index contributed by atoms with van der Waals surface area (Å²) in [7, 11) is 0. The molecule has 0 fully saturated rings. The third kappa shape index (κ3) is 3.20. The Bertz CT molecular complexity index is 1210. The molecule has 2 aromatic carbocycles. The van der Waals surface area contributed by atoms with Gasteiger partial charge in [0.25, 0.3) is 5.91 Å². The summed E-state index contributed by atoms with van der Waals surface area (Å²) in [6.07, 6.45) is 0.742. The molecule has 3 heterocycles. The first-order chi connectivity index (χ1) is 14.6. The number of rotatable bonds is 3. The summed E-state index contributed by atoms with van der Waals surface area (Å²) in [5.74, 6) is 0.977. The molecule has 5 rings (SSSR count). The number of fused-ring (bicyclic) bond motifs is 1. The van der Waals surface area contributed by atoms with E-state index in [-0.39, 0.29) is 5.91 Å². The van der Waals surface area contributed by atoms with Gasteiger partial charge in [-0.2, -0.15) is 5.10 Å². The fourth-order valence-corrected chi connectivity index (χ4v) is 4.04. The molecule has 1 aliphatic rings. The summed E-state index contributed by atoms with van der Waals surface area (Å²) in [5, 5.41) is 7.73. The molecule has 4 aromatic rings. The number of nitrogens with zero attached hydrogens (tertiary/aromatic N) is 3. The number of aryl methyl sites for hydroxylation is 2. The molecule has 150 valence electrons. The van der Waals surface area contributed by atoms with Crippen molar-refractivity contribution in [2.75, 3.05) is 6.54 Å². The van der Waals surface area contributed by atoms with E-state index in [1.807, 2.05) is 23.1 Å². The molecule has 0 saturated carbocycles. The van der Waals surface area contributed by atoms with Gasteiger partial charge in [0.15, 0.2) is 11.6 Å². The van der Waals surface area contributed by atoms with Gasteiger partial charge in [-0.15, -0.1) is 0 Å². The number of amides is 1. The molecule has 0 spiro atoms. The second-order valence-corrected chi connectivity index (χ2v) is 7.59. The van der Waals surface area contributed by atoms with Gasteiger partial charge in [-0.1, -0.05) is 54.6 Å². The first kappa shape index (κ1) is 18.4. The molecule has 0 unspecified atom stereocenters. The summed E-state index contributed by atoms with van der Waals surface area (Å²) >= 11 is 0. The van der Waals surface area contributed by atoms with Crippen LogP contribution in [0.5, 0.6) is 0 Å². The van der Waals surface area contributed by atoms with Crippen LogP contribution in [0.25, 0.3) is 22.4 Å². The van der Waals surface area contributed by atoms with Crippen LogP contribution < -0.4 is 0 Å². The van der Waals surface area contributed by atoms with E-state index < -0.39 is 0 Å². The van der Waals surface area contributed by atoms with E-state index in [2.05, 4.69) is 51.6 Å². The lowest BCUT2D eigenvalue weighted by molar-refractivity contribution is 0.0727. The standard InChI is InChI=1S/C24H22N4O2/c1-15-22(25-16(2)30-15)24(29)28-13-12-21-20(14-28)23(27-26-21)19-10-8-18(9-11-19)17-6-4-3-5-7-17/h3-11H,12-14H2,1-2H3,(H,26,27). The molecule has 1 aliphatic heterocycles. The molecule has 6 heteroatoms. The van der Waals surface area contributed by atoms with Crippen molar-refractivity contribution in [1.29, 1.82) is 0 Å². The highest BCUT2D eigenvalue weighted by Gasteiger charge is 2.29. The average Bonchev–Trinajstić information content (AvgIpc) is 3.36. The van der Waals surface area contributed by atoms with Crippen LogP contribution in [-0.2, 0) is 13.0 Å². The van der Waals surface area contributed by atoms with Crippen LogP contribution in [0.4, 0.5) is 0 Å². The van der Waals surface area contributed by atoms with Gasteiger partial charge in [-0.25, -0.2) is 4.98 Å². The second kappa shape index (κ2) is 7.30. The number of carbonyl (C=O) groups excluding carboxylic acids is 1. The van der Waals surface area contributed by atoms with Crippen molar-refractivity contribution in [3.8, 4) is 22.4 Å². The van der Waals surface area contributed by atoms with Crippen LogP contribution in [0, 0.1) is 13.8 Å². The Morgan fingerprint density at radius 3 is 2.40 bits per heavy atom. The van der Waals surface area contributed by atoms with Gasteiger partial charge in [-0.05, 0) is 18.1 Å². The molecular weight excluding hydrogens is 376 g/mol. The minimum Gasteiger partial charge on any atom is -0.445 e. The van der Waals surface area contributed by atoms with Gasteiger partial charge in [0.05, 0.1) is 12.2 Å². The first-order valence-electron chi connectivity index (χ1n) is 10.1. The number of carbonyl (C=O) groups is 1. The SMILES string of the molecule is Cc1nc(C(=O)N2CCc3[nH]nc(-c4ccc(-c5ccccc5)cc4)c3C2)c(C)o1. The molecule has 0 saturated heterocycles. The zero-order valence-corrected chi connectivity index (χ0v) is 17.0. The highest BCUT2D eigenvalue weighted by molar-refractivity contribution is 5.93. The minimum absolute atomic E-state index is 0.0958. The Morgan fingerprint density at radius 1 is 1.00 bits per heavy atom. The highest BCUT2D eigenvalue weighted by Crippen LogP contribution is 2.31. The maximum absolute atomic E-state index is 13.0. The quantitative estimate of drug-likeness (QED) is 0.549. The van der Waals surface area contributed by atoms with Gasteiger partial charge in [-0.3, -0.25) is 9.89 Å². The Morgan fingerprint density at radius 2 is 1.70 bits per heavy atom. The van der Waals surface area contributed by atoms with Crippen molar-refractivity contribution in [3.63, 3.8) is 0 Å². The van der Waals surface area contributed by atoms with E-state index in [4.69, 9.17) is 4.42 Å². The van der Waals surface area contributed by atoms with E-state index in [1.54, 1.807) is 13.8 Å². The lowest BCUT2D eigenvalue weighted by atomic mass is 9.98. The van der Waals surface area contributed by atoms with Crippen LogP contribution in [0.15, 0.2) is 59.0 Å². The summed E-state index contributed by atoms with van der Waals surface area (Å²) in [6.45, 7) is 4.67. The molecule has 0 bridgehead atoms. The predicted octanol–water partition coefficient (Wildman–Crippen LogP) is 4.55. The van der Waals surface area contributed by atoms with Crippen molar-refractivity contribution < 1.29 is 9.21 Å². The molecule has 1 amide bonds. The summed E-state index contributed by atoms with van der Waals surface area (Å²) in [4.78, 5) is 19.1. The maximum atomic E-state index is 13.0. The smallest absolute Gasteiger partial charge is 0.276 e.